The van der Waals surface area contributed by atoms with Crippen molar-refractivity contribution < 1.29 is 0 Å². The third-order valence-corrected chi connectivity index (χ3v) is 4.47. The molecule has 0 unspecified atom stereocenters. The fourth-order valence-corrected chi connectivity index (χ4v) is 3.02. The largest absolute Gasteiger partial charge is 0.372 e. The Morgan fingerprint density at radius 1 is 1.05 bits per heavy atom. The molecule has 1 aromatic carbocycles. The fourth-order valence-electron chi connectivity index (χ4n) is 2.67. The standard InChI is InChI=1S/C17H30BrN3/c1-4-20(5-2)12-7-13-21(6-3)17-14-16(18)9-8-15(17)10-11-19/h8-9,14H,4-7,10-13,19H2,1-3H3. The molecule has 0 fully saturated rings. The molecule has 3 nitrogen and oxygen atoms in total. The minimum absolute atomic E-state index is 0.700. The van der Waals surface area contributed by atoms with Crippen LogP contribution in [0, 0.1) is 0 Å². The highest BCUT2D eigenvalue weighted by atomic mass is 79.9. The first-order chi connectivity index (χ1) is 10.2. The predicted molar refractivity (Wildman–Crippen MR) is 97.2 cm³/mol. The average Bonchev–Trinajstić information content (AvgIpc) is 2.50. The van der Waals surface area contributed by atoms with Gasteiger partial charge in [-0.15, -0.1) is 0 Å². The van der Waals surface area contributed by atoms with Crippen molar-refractivity contribution in [2.45, 2.75) is 33.6 Å². The van der Waals surface area contributed by atoms with Crippen molar-refractivity contribution in [3.63, 3.8) is 0 Å². The van der Waals surface area contributed by atoms with Crippen molar-refractivity contribution in [2.24, 2.45) is 5.73 Å². The Bertz CT molecular complexity index is 405. The van der Waals surface area contributed by atoms with Crippen LogP contribution >= 0.6 is 15.9 Å². The number of rotatable bonds is 10. The van der Waals surface area contributed by atoms with E-state index in [1.165, 1.54) is 24.2 Å². The average molecular weight is 356 g/mol. The van der Waals surface area contributed by atoms with Crippen LogP contribution < -0.4 is 10.6 Å². The summed E-state index contributed by atoms with van der Waals surface area (Å²) in [6.45, 7) is 13.0. The number of hydrogen-bond acceptors (Lipinski definition) is 3. The summed E-state index contributed by atoms with van der Waals surface area (Å²) in [4.78, 5) is 4.95. The third-order valence-electron chi connectivity index (χ3n) is 3.98. The topological polar surface area (TPSA) is 32.5 Å². The molecule has 0 aromatic heterocycles. The van der Waals surface area contributed by atoms with Crippen molar-refractivity contribution >= 4 is 21.6 Å². The van der Waals surface area contributed by atoms with Gasteiger partial charge in [0.1, 0.15) is 0 Å². The summed E-state index contributed by atoms with van der Waals surface area (Å²) in [5, 5.41) is 0. The normalized spacial score (nSPS) is 11.1. The fraction of sp³-hybridized carbons (Fsp3) is 0.647. The zero-order valence-electron chi connectivity index (χ0n) is 13.7. The van der Waals surface area contributed by atoms with Crippen LogP contribution in [0.5, 0.6) is 0 Å². The van der Waals surface area contributed by atoms with E-state index >= 15 is 0 Å². The smallest absolute Gasteiger partial charge is 0.0410 e. The van der Waals surface area contributed by atoms with Gasteiger partial charge in [0, 0.05) is 23.2 Å². The Morgan fingerprint density at radius 3 is 2.33 bits per heavy atom. The summed E-state index contributed by atoms with van der Waals surface area (Å²) >= 11 is 3.59. The van der Waals surface area contributed by atoms with Crippen LogP contribution in [0.25, 0.3) is 0 Å². The van der Waals surface area contributed by atoms with Gasteiger partial charge in [0.15, 0.2) is 0 Å². The van der Waals surface area contributed by atoms with Gasteiger partial charge in [0.25, 0.3) is 0 Å². The maximum Gasteiger partial charge on any atom is 0.0410 e. The molecule has 0 bridgehead atoms. The van der Waals surface area contributed by atoms with E-state index in [1.54, 1.807) is 0 Å². The molecule has 0 heterocycles. The Hall–Kier alpha value is -0.580. The molecular weight excluding hydrogens is 326 g/mol. The molecule has 21 heavy (non-hydrogen) atoms. The summed E-state index contributed by atoms with van der Waals surface area (Å²) in [6, 6.07) is 6.53. The molecule has 0 aliphatic carbocycles. The lowest BCUT2D eigenvalue weighted by Crippen LogP contribution is -2.30. The van der Waals surface area contributed by atoms with Crippen LogP contribution in [-0.4, -0.2) is 44.2 Å². The summed E-state index contributed by atoms with van der Waals surface area (Å²) < 4.78 is 1.14. The molecule has 4 heteroatoms. The Labute approximate surface area is 138 Å². The minimum atomic E-state index is 0.700. The Morgan fingerprint density at radius 2 is 1.76 bits per heavy atom. The maximum absolute atomic E-state index is 5.75. The summed E-state index contributed by atoms with van der Waals surface area (Å²) in [5.41, 5.74) is 8.43. The molecule has 0 aliphatic heterocycles. The van der Waals surface area contributed by atoms with Crippen molar-refractivity contribution in [1.82, 2.24) is 4.90 Å². The van der Waals surface area contributed by atoms with E-state index < -0.39 is 0 Å². The van der Waals surface area contributed by atoms with Gasteiger partial charge in [-0.3, -0.25) is 0 Å². The summed E-state index contributed by atoms with van der Waals surface area (Å²) in [7, 11) is 0. The third kappa shape index (κ3) is 5.97. The zero-order valence-corrected chi connectivity index (χ0v) is 15.3. The minimum Gasteiger partial charge on any atom is -0.372 e. The summed E-state index contributed by atoms with van der Waals surface area (Å²) in [6.07, 6.45) is 2.14. The number of halogens is 1. The lowest BCUT2D eigenvalue weighted by atomic mass is 10.1. The van der Waals surface area contributed by atoms with Gasteiger partial charge in [0.05, 0.1) is 0 Å². The highest BCUT2D eigenvalue weighted by Crippen LogP contribution is 2.25. The Kier molecular flexibility index (Phi) is 8.97. The number of anilines is 1. The van der Waals surface area contributed by atoms with Crippen LogP contribution in [-0.2, 0) is 6.42 Å². The lowest BCUT2D eigenvalue weighted by molar-refractivity contribution is 0.300. The first-order valence-corrected chi connectivity index (χ1v) is 8.91. The molecule has 0 spiro atoms. The number of nitrogens with zero attached hydrogens (tertiary/aromatic N) is 2. The summed E-state index contributed by atoms with van der Waals surface area (Å²) in [5.74, 6) is 0. The molecule has 0 aliphatic rings. The second-order valence-corrected chi connectivity index (χ2v) is 6.19. The number of benzene rings is 1. The molecule has 2 N–H and O–H groups in total. The van der Waals surface area contributed by atoms with E-state index in [0.717, 1.165) is 37.1 Å². The second kappa shape index (κ2) is 10.2. The first-order valence-electron chi connectivity index (χ1n) is 8.11. The molecule has 1 aromatic rings. The zero-order chi connectivity index (χ0) is 15.7. The monoisotopic (exact) mass is 355 g/mol. The van der Waals surface area contributed by atoms with Crippen LogP contribution in [0.1, 0.15) is 32.8 Å². The number of hydrogen-bond donors (Lipinski definition) is 1. The molecule has 0 saturated carbocycles. The SMILES string of the molecule is CCN(CC)CCCN(CC)c1cc(Br)ccc1CCN. The van der Waals surface area contributed by atoms with E-state index in [0.29, 0.717) is 6.54 Å². The molecule has 0 atom stereocenters. The Balaban J connectivity index is 2.72. The van der Waals surface area contributed by atoms with E-state index in [1.807, 2.05) is 0 Å². The van der Waals surface area contributed by atoms with Gasteiger partial charge < -0.3 is 15.5 Å². The van der Waals surface area contributed by atoms with Crippen molar-refractivity contribution in [3.05, 3.63) is 28.2 Å². The lowest BCUT2D eigenvalue weighted by Gasteiger charge is -2.27. The van der Waals surface area contributed by atoms with Gasteiger partial charge in [-0.2, -0.15) is 0 Å². The van der Waals surface area contributed by atoms with Crippen LogP contribution in [0.3, 0.4) is 0 Å². The highest BCUT2D eigenvalue weighted by Gasteiger charge is 2.10. The molecule has 120 valence electrons. The predicted octanol–water partition coefficient (Wildman–Crippen LogP) is 3.51. The van der Waals surface area contributed by atoms with Gasteiger partial charge in [0.2, 0.25) is 0 Å². The van der Waals surface area contributed by atoms with E-state index in [-0.39, 0.29) is 0 Å². The van der Waals surface area contributed by atoms with Crippen LogP contribution in [0.2, 0.25) is 0 Å². The molecule has 0 saturated heterocycles. The highest BCUT2D eigenvalue weighted by molar-refractivity contribution is 9.10. The van der Waals surface area contributed by atoms with Gasteiger partial charge in [-0.25, -0.2) is 0 Å². The van der Waals surface area contributed by atoms with Gasteiger partial charge in [-0.05, 0) is 63.6 Å². The van der Waals surface area contributed by atoms with E-state index in [9.17, 15) is 0 Å². The van der Waals surface area contributed by atoms with Gasteiger partial charge in [-0.1, -0.05) is 35.8 Å². The molecule has 0 amide bonds. The van der Waals surface area contributed by atoms with Crippen molar-refractivity contribution in [3.8, 4) is 0 Å². The first kappa shape index (κ1) is 18.5. The van der Waals surface area contributed by atoms with Crippen LogP contribution in [0.15, 0.2) is 22.7 Å². The van der Waals surface area contributed by atoms with Crippen molar-refractivity contribution in [2.75, 3.05) is 44.2 Å². The van der Waals surface area contributed by atoms with Crippen molar-refractivity contribution in [1.29, 1.82) is 0 Å². The molecule has 1 rings (SSSR count). The van der Waals surface area contributed by atoms with E-state index in [2.05, 4.69) is 64.7 Å². The molecular formula is C17H30BrN3. The number of nitrogens with two attached hydrogens (primary N) is 1. The van der Waals surface area contributed by atoms with E-state index in [4.69, 9.17) is 5.73 Å². The molecule has 0 radical (unpaired) electrons. The quantitative estimate of drug-likeness (QED) is 0.696. The van der Waals surface area contributed by atoms with Gasteiger partial charge >= 0.3 is 0 Å². The maximum atomic E-state index is 5.75. The van der Waals surface area contributed by atoms with Crippen LogP contribution in [0.4, 0.5) is 5.69 Å². The second-order valence-electron chi connectivity index (χ2n) is 5.27.